The van der Waals surface area contributed by atoms with Gasteiger partial charge in [-0.25, -0.2) is 4.79 Å². The Kier molecular flexibility index (Phi) is 5.21. The number of anilines is 1. The first-order chi connectivity index (χ1) is 10.2. The Hall–Kier alpha value is -2.49. The second-order valence-electron chi connectivity index (χ2n) is 4.79. The van der Waals surface area contributed by atoms with E-state index in [1.54, 1.807) is 13.2 Å². The van der Waals surface area contributed by atoms with Gasteiger partial charge in [0.25, 0.3) is 0 Å². The van der Waals surface area contributed by atoms with Crippen molar-refractivity contribution in [2.75, 3.05) is 12.4 Å². The molecule has 0 radical (unpaired) electrons. The fourth-order valence-corrected chi connectivity index (χ4v) is 2.13. The summed E-state index contributed by atoms with van der Waals surface area (Å²) in [5.74, 6) is -0.152. The molecular formula is C17H19NO3. The Morgan fingerprint density at radius 2 is 1.95 bits per heavy atom. The average molecular weight is 285 g/mol. The van der Waals surface area contributed by atoms with Crippen molar-refractivity contribution in [2.24, 2.45) is 0 Å². The molecule has 0 aliphatic rings. The predicted octanol–water partition coefficient (Wildman–Crippen LogP) is 3.19. The van der Waals surface area contributed by atoms with Crippen molar-refractivity contribution in [3.63, 3.8) is 0 Å². The van der Waals surface area contributed by atoms with Gasteiger partial charge in [-0.05, 0) is 30.5 Å². The maximum absolute atomic E-state index is 11.4. The molecule has 4 nitrogen and oxygen atoms in total. The van der Waals surface area contributed by atoms with E-state index in [4.69, 9.17) is 4.74 Å². The molecule has 0 spiro atoms. The summed E-state index contributed by atoms with van der Waals surface area (Å²) in [6.07, 6.45) is 1.24. The molecule has 0 aliphatic heterocycles. The second kappa shape index (κ2) is 7.33. The summed E-state index contributed by atoms with van der Waals surface area (Å²) in [5.41, 5.74) is 1.88. The normalized spacial score (nSPS) is 11.7. The summed E-state index contributed by atoms with van der Waals surface area (Å²) < 4.78 is 5.14. The van der Waals surface area contributed by atoms with E-state index in [9.17, 15) is 9.90 Å². The van der Waals surface area contributed by atoms with Crippen molar-refractivity contribution in [2.45, 2.75) is 18.9 Å². The highest BCUT2D eigenvalue weighted by Crippen LogP contribution is 2.18. The van der Waals surface area contributed by atoms with E-state index in [0.717, 1.165) is 17.7 Å². The van der Waals surface area contributed by atoms with Crippen LogP contribution in [-0.2, 0) is 11.2 Å². The van der Waals surface area contributed by atoms with Crippen LogP contribution in [0.1, 0.15) is 12.0 Å². The molecule has 0 bridgehead atoms. The number of aryl methyl sites for hydroxylation is 1. The highest BCUT2D eigenvalue weighted by molar-refractivity contribution is 5.77. The molecule has 0 aliphatic carbocycles. The molecule has 2 rings (SSSR count). The van der Waals surface area contributed by atoms with Gasteiger partial charge in [0.05, 0.1) is 7.11 Å². The lowest BCUT2D eigenvalue weighted by Crippen LogP contribution is -2.29. The molecule has 4 heteroatoms. The number of methoxy groups -OCH3 is 1. The first-order valence-electron chi connectivity index (χ1n) is 6.86. The number of carboxylic acid groups (broad SMARTS) is 1. The zero-order chi connectivity index (χ0) is 15.1. The number of benzene rings is 2. The number of rotatable bonds is 7. The van der Waals surface area contributed by atoms with E-state index in [-0.39, 0.29) is 0 Å². The van der Waals surface area contributed by atoms with Crippen molar-refractivity contribution in [1.82, 2.24) is 0 Å². The minimum absolute atomic E-state index is 0.524. The highest BCUT2D eigenvalue weighted by Gasteiger charge is 2.17. The third-order valence-electron chi connectivity index (χ3n) is 3.27. The van der Waals surface area contributed by atoms with Crippen LogP contribution in [0, 0.1) is 0 Å². The van der Waals surface area contributed by atoms with Crippen LogP contribution in [0.5, 0.6) is 5.75 Å². The summed E-state index contributed by atoms with van der Waals surface area (Å²) in [4.78, 5) is 11.4. The van der Waals surface area contributed by atoms with Gasteiger partial charge in [-0.1, -0.05) is 36.4 Å². The summed E-state index contributed by atoms with van der Waals surface area (Å²) in [5, 5.41) is 12.4. The van der Waals surface area contributed by atoms with Crippen molar-refractivity contribution in [3.05, 3.63) is 60.2 Å². The molecule has 0 saturated carbocycles. The van der Waals surface area contributed by atoms with Crippen molar-refractivity contribution in [1.29, 1.82) is 0 Å². The van der Waals surface area contributed by atoms with Gasteiger partial charge in [0.15, 0.2) is 0 Å². The highest BCUT2D eigenvalue weighted by atomic mass is 16.5. The van der Waals surface area contributed by atoms with Gasteiger partial charge in [-0.3, -0.25) is 0 Å². The van der Waals surface area contributed by atoms with E-state index >= 15 is 0 Å². The first kappa shape index (κ1) is 14.9. The van der Waals surface area contributed by atoms with Gasteiger partial charge in [0, 0.05) is 11.8 Å². The van der Waals surface area contributed by atoms with Crippen LogP contribution in [-0.4, -0.2) is 24.2 Å². The first-order valence-corrected chi connectivity index (χ1v) is 6.86. The molecule has 0 saturated heterocycles. The van der Waals surface area contributed by atoms with E-state index in [0.29, 0.717) is 12.2 Å². The quantitative estimate of drug-likeness (QED) is 0.820. The number of nitrogens with one attached hydrogen (secondary N) is 1. The summed E-state index contributed by atoms with van der Waals surface area (Å²) in [6.45, 7) is 0. The third-order valence-corrected chi connectivity index (χ3v) is 3.27. The lowest BCUT2D eigenvalue weighted by Gasteiger charge is -2.16. The summed E-state index contributed by atoms with van der Waals surface area (Å²) in [6, 6.07) is 16.5. The van der Waals surface area contributed by atoms with Crippen molar-refractivity contribution in [3.8, 4) is 5.75 Å². The largest absolute Gasteiger partial charge is 0.497 e. The standard InChI is InChI=1S/C17H19NO3/c1-21-15-9-5-8-14(12-15)18-16(17(19)20)11-10-13-6-3-2-4-7-13/h2-9,12,16,18H,10-11H2,1H3,(H,19,20). The molecule has 2 aromatic carbocycles. The van der Waals surface area contributed by atoms with Crippen molar-refractivity contribution < 1.29 is 14.6 Å². The Morgan fingerprint density at radius 1 is 1.19 bits per heavy atom. The molecule has 0 aromatic heterocycles. The van der Waals surface area contributed by atoms with E-state index in [1.165, 1.54) is 0 Å². The van der Waals surface area contributed by atoms with Crippen LogP contribution in [0.4, 0.5) is 5.69 Å². The molecule has 2 aromatic rings. The smallest absolute Gasteiger partial charge is 0.326 e. The van der Waals surface area contributed by atoms with Crippen molar-refractivity contribution >= 4 is 11.7 Å². The number of aliphatic carboxylic acids is 1. The zero-order valence-electron chi connectivity index (χ0n) is 12.0. The molecule has 1 unspecified atom stereocenters. The van der Waals surface area contributed by atoms with E-state index in [2.05, 4.69) is 5.32 Å². The van der Waals surface area contributed by atoms with Crippen LogP contribution in [0.15, 0.2) is 54.6 Å². The van der Waals surface area contributed by atoms with Gasteiger partial charge in [-0.2, -0.15) is 0 Å². The third kappa shape index (κ3) is 4.53. The minimum atomic E-state index is -0.853. The fourth-order valence-electron chi connectivity index (χ4n) is 2.13. The number of hydrogen-bond acceptors (Lipinski definition) is 3. The lowest BCUT2D eigenvalue weighted by atomic mass is 10.0. The molecular weight excluding hydrogens is 266 g/mol. The molecule has 2 N–H and O–H groups in total. The van der Waals surface area contributed by atoms with Crippen LogP contribution < -0.4 is 10.1 Å². The summed E-state index contributed by atoms with van der Waals surface area (Å²) in [7, 11) is 1.59. The number of ether oxygens (including phenoxy) is 1. The molecule has 0 amide bonds. The predicted molar refractivity (Wildman–Crippen MR) is 82.8 cm³/mol. The molecule has 0 fully saturated rings. The lowest BCUT2D eigenvalue weighted by molar-refractivity contribution is -0.138. The number of carboxylic acids is 1. The van der Waals surface area contributed by atoms with Gasteiger partial charge >= 0.3 is 5.97 Å². The van der Waals surface area contributed by atoms with Gasteiger partial charge in [-0.15, -0.1) is 0 Å². The Labute approximate surface area is 124 Å². The Morgan fingerprint density at radius 3 is 2.62 bits per heavy atom. The SMILES string of the molecule is COc1cccc(NC(CCc2ccccc2)C(=O)O)c1. The topological polar surface area (TPSA) is 58.6 Å². The monoisotopic (exact) mass is 285 g/mol. The average Bonchev–Trinajstić information content (AvgIpc) is 2.52. The Balaban J connectivity index is 2.00. The maximum Gasteiger partial charge on any atom is 0.326 e. The van der Waals surface area contributed by atoms with Gasteiger partial charge in [0.1, 0.15) is 11.8 Å². The van der Waals surface area contributed by atoms with Crippen LogP contribution in [0.3, 0.4) is 0 Å². The Bertz CT molecular complexity index is 584. The van der Waals surface area contributed by atoms with Gasteiger partial charge in [0.2, 0.25) is 0 Å². The van der Waals surface area contributed by atoms with Crippen LogP contribution >= 0.6 is 0 Å². The van der Waals surface area contributed by atoms with E-state index in [1.807, 2.05) is 48.5 Å². The molecule has 0 heterocycles. The second-order valence-corrected chi connectivity index (χ2v) is 4.79. The minimum Gasteiger partial charge on any atom is -0.497 e. The van der Waals surface area contributed by atoms with Crippen LogP contribution in [0.25, 0.3) is 0 Å². The summed E-state index contributed by atoms with van der Waals surface area (Å²) >= 11 is 0. The maximum atomic E-state index is 11.4. The molecule has 110 valence electrons. The van der Waals surface area contributed by atoms with Crippen LogP contribution in [0.2, 0.25) is 0 Å². The number of carbonyl (C=O) groups is 1. The fraction of sp³-hybridized carbons (Fsp3) is 0.235. The zero-order valence-corrected chi connectivity index (χ0v) is 12.0. The van der Waals surface area contributed by atoms with E-state index < -0.39 is 12.0 Å². The molecule has 1 atom stereocenters. The molecule has 21 heavy (non-hydrogen) atoms. The number of hydrogen-bond donors (Lipinski definition) is 2. The van der Waals surface area contributed by atoms with Gasteiger partial charge < -0.3 is 15.2 Å².